The molecule has 0 spiro atoms. The lowest BCUT2D eigenvalue weighted by atomic mass is 9.43. The first-order chi connectivity index (χ1) is 10.3. The monoisotopic (exact) mass is 306 g/mol. The zero-order chi connectivity index (χ0) is 15.8. The maximum absolute atomic E-state index is 11.9. The van der Waals surface area contributed by atoms with Crippen LogP contribution in [0.15, 0.2) is 0 Å². The Labute approximate surface area is 133 Å². The third-order valence-electron chi connectivity index (χ3n) is 8.62. The van der Waals surface area contributed by atoms with Crippen LogP contribution < -0.4 is 0 Å². The lowest BCUT2D eigenvalue weighted by Gasteiger charge is -2.64. The summed E-state index contributed by atoms with van der Waals surface area (Å²) in [5, 5.41) is 22.2. The highest BCUT2D eigenvalue weighted by Gasteiger charge is 2.66. The van der Waals surface area contributed by atoms with Gasteiger partial charge in [0.25, 0.3) is 0 Å². The standard InChI is InChI=1S/C19H30O3/c1-17-9-10-19(22)15(14(17)5-6-16(17)21)4-3-12-11-13(20)7-8-18(12,19)2/h12,14-16,21-22H,3-11H2,1-2H3. The van der Waals surface area contributed by atoms with Crippen LogP contribution in [-0.4, -0.2) is 27.7 Å². The minimum Gasteiger partial charge on any atom is -0.393 e. The molecule has 0 aromatic rings. The second-order valence-electron chi connectivity index (χ2n) is 9.17. The number of hydrogen-bond acceptors (Lipinski definition) is 3. The fourth-order valence-electron chi connectivity index (χ4n) is 6.96. The average molecular weight is 306 g/mol. The van der Waals surface area contributed by atoms with E-state index in [1.54, 1.807) is 0 Å². The minimum atomic E-state index is -0.620. The highest BCUT2D eigenvalue weighted by atomic mass is 16.3. The molecule has 4 rings (SSSR count). The van der Waals surface area contributed by atoms with Crippen LogP contribution in [0, 0.1) is 28.6 Å². The van der Waals surface area contributed by atoms with E-state index in [4.69, 9.17) is 0 Å². The Morgan fingerprint density at radius 2 is 1.73 bits per heavy atom. The summed E-state index contributed by atoms with van der Waals surface area (Å²) in [4.78, 5) is 11.9. The molecule has 2 N–H and O–H groups in total. The van der Waals surface area contributed by atoms with Crippen molar-refractivity contribution in [2.45, 2.75) is 83.3 Å². The number of fused-ring (bicyclic) bond motifs is 5. The van der Waals surface area contributed by atoms with Crippen LogP contribution in [0.2, 0.25) is 0 Å². The lowest BCUT2D eigenvalue weighted by Crippen LogP contribution is -2.65. The number of carbonyl (C=O) groups excluding carboxylic acids is 1. The van der Waals surface area contributed by atoms with E-state index in [1.165, 1.54) is 0 Å². The van der Waals surface area contributed by atoms with Gasteiger partial charge in [0.15, 0.2) is 0 Å². The molecule has 4 aliphatic carbocycles. The van der Waals surface area contributed by atoms with Gasteiger partial charge in [-0.3, -0.25) is 4.79 Å². The second-order valence-corrected chi connectivity index (χ2v) is 9.17. The number of carbonyl (C=O) groups is 1. The Kier molecular flexibility index (Phi) is 3.14. The normalized spacial score (nSPS) is 57.9. The van der Waals surface area contributed by atoms with Crippen molar-refractivity contribution in [3.8, 4) is 0 Å². The molecule has 7 unspecified atom stereocenters. The lowest BCUT2D eigenvalue weighted by molar-refractivity contribution is -0.235. The molecule has 0 heterocycles. The molecule has 3 heteroatoms. The molecule has 4 fully saturated rings. The van der Waals surface area contributed by atoms with Crippen molar-refractivity contribution >= 4 is 5.78 Å². The summed E-state index contributed by atoms with van der Waals surface area (Å²) in [6, 6.07) is 0. The second kappa shape index (κ2) is 4.57. The molecule has 4 aliphatic rings. The van der Waals surface area contributed by atoms with Crippen molar-refractivity contribution in [3.63, 3.8) is 0 Å². The van der Waals surface area contributed by atoms with E-state index in [9.17, 15) is 15.0 Å². The van der Waals surface area contributed by atoms with Crippen molar-refractivity contribution < 1.29 is 15.0 Å². The largest absolute Gasteiger partial charge is 0.393 e. The molecule has 3 nitrogen and oxygen atoms in total. The molecular weight excluding hydrogens is 276 g/mol. The van der Waals surface area contributed by atoms with E-state index in [0.29, 0.717) is 36.4 Å². The smallest absolute Gasteiger partial charge is 0.133 e. The van der Waals surface area contributed by atoms with Gasteiger partial charge in [0.2, 0.25) is 0 Å². The van der Waals surface area contributed by atoms with E-state index in [0.717, 1.165) is 44.9 Å². The van der Waals surface area contributed by atoms with E-state index < -0.39 is 5.60 Å². The maximum Gasteiger partial charge on any atom is 0.133 e. The van der Waals surface area contributed by atoms with Gasteiger partial charge in [0.05, 0.1) is 11.7 Å². The molecule has 0 amide bonds. The van der Waals surface area contributed by atoms with E-state index in [-0.39, 0.29) is 16.9 Å². The third-order valence-corrected chi connectivity index (χ3v) is 8.62. The van der Waals surface area contributed by atoms with Crippen molar-refractivity contribution in [2.24, 2.45) is 28.6 Å². The molecule has 124 valence electrons. The van der Waals surface area contributed by atoms with Crippen molar-refractivity contribution in [2.75, 3.05) is 0 Å². The Bertz CT molecular complexity index is 503. The van der Waals surface area contributed by atoms with Crippen LogP contribution in [0.25, 0.3) is 0 Å². The molecule has 0 aromatic carbocycles. The number of hydrogen-bond donors (Lipinski definition) is 2. The number of aliphatic hydroxyl groups excluding tert-OH is 1. The molecule has 0 saturated heterocycles. The molecule has 7 atom stereocenters. The highest BCUT2D eigenvalue weighted by Crippen LogP contribution is 2.67. The molecule has 22 heavy (non-hydrogen) atoms. The van der Waals surface area contributed by atoms with Gasteiger partial charge in [-0.1, -0.05) is 13.8 Å². The number of Topliss-reactive ketones (excluding diaryl/α,β-unsaturated/α-hetero) is 1. The zero-order valence-corrected chi connectivity index (χ0v) is 14.0. The SMILES string of the molecule is CC12CCC3(O)C(CCC4CC(=O)CCC43C)C1CCC2O. The number of rotatable bonds is 0. The summed E-state index contributed by atoms with van der Waals surface area (Å²) in [6.45, 7) is 4.50. The van der Waals surface area contributed by atoms with Crippen LogP contribution in [0.5, 0.6) is 0 Å². The van der Waals surface area contributed by atoms with Crippen LogP contribution in [0.4, 0.5) is 0 Å². The first-order valence-electron chi connectivity index (χ1n) is 9.23. The topological polar surface area (TPSA) is 57.5 Å². The van der Waals surface area contributed by atoms with Crippen molar-refractivity contribution in [1.29, 1.82) is 0 Å². The molecule has 0 aliphatic heterocycles. The van der Waals surface area contributed by atoms with Gasteiger partial charge < -0.3 is 10.2 Å². The fourth-order valence-corrected chi connectivity index (χ4v) is 6.96. The molecular formula is C19H30O3. The summed E-state index contributed by atoms with van der Waals surface area (Å²) in [5.41, 5.74) is -0.714. The van der Waals surface area contributed by atoms with Crippen LogP contribution in [-0.2, 0) is 4.79 Å². The summed E-state index contributed by atoms with van der Waals surface area (Å²) in [5.74, 6) is 1.53. The summed E-state index contributed by atoms with van der Waals surface area (Å²) < 4.78 is 0. The van der Waals surface area contributed by atoms with Gasteiger partial charge in [-0.25, -0.2) is 0 Å². The average Bonchev–Trinajstić information content (AvgIpc) is 2.77. The van der Waals surface area contributed by atoms with Gasteiger partial charge in [-0.15, -0.1) is 0 Å². The van der Waals surface area contributed by atoms with Gasteiger partial charge in [-0.05, 0) is 68.1 Å². The fraction of sp³-hybridized carbons (Fsp3) is 0.947. The summed E-state index contributed by atoms with van der Waals surface area (Å²) >= 11 is 0. The first kappa shape index (κ1) is 15.1. The Hall–Kier alpha value is -0.410. The zero-order valence-electron chi connectivity index (χ0n) is 14.0. The Morgan fingerprint density at radius 1 is 1.00 bits per heavy atom. The first-order valence-corrected chi connectivity index (χ1v) is 9.23. The van der Waals surface area contributed by atoms with Crippen molar-refractivity contribution in [1.82, 2.24) is 0 Å². The van der Waals surface area contributed by atoms with Crippen LogP contribution in [0.3, 0.4) is 0 Å². The van der Waals surface area contributed by atoms with E-state index >= 15 is 0 Å². The predicted octanol–water partition coefficient (Wildman–Crippen LogP) is 3.07. The van der Waals surface area contributed by atoms with Gasteiger partial charge >= 0.3 is 0 Å². The maximum atomic E-state index is 11.9. The van der Waals surface area contributed by atoms with Crippen molar-refractivity contribution in [3.05, 3.63) is 0 Å². The highest BCUT2D eigenvalue weighted by molar-refractivity contribution is 5.79. The molecule has 4 saturated carbocycles. The minimum absolute atomic E-state index is 0.00454. The van der Waals surface area contributed by atoms with E-state index in [2.05, 4.69) is 13.8 Å². The summed E-state index contributed by atoms with van der Waals surface area (Å²) in [6.07, 6.45) is 7.80. The molecule has 0 bridgehead atoms. The van der Waals surface area contributed by atoms with Gasteiger partial charge in [0, 0.05) is 18.3 Å². The quantitative estimate of drug-likeness (QED) is 0.723. The van der Waals surface area contributed by atoms with E-state index in [1.807, 2.05) is 0 Å². The van der Waals surface area contributed by atoms with Gasteiger partial charge in [0.1, 0.15) is 5.78 Å². The van der Waals surface area contributed by atoms with Gasteiger partial charge in [-0.2, -0.15) is 0 Å². The predicted molar refractivity (Wildman–Crippen MR) is 84.2 cm³/mol. The molecule has 0 aromatic heterocycles. The third kappa shape index (κ3) is 1.67. The summed E-state index contributed by atoms with van der Waals surface area (Å²) in [7, 11) is 0. The Morgan fingerprint density at radius 3 is 2.50 bits per heavy atom. The molecule has 0 radical (unpaired) electrons. The number of aliphatic hydroxyl groups is 2. The number of ketones is 1. The Balaban J connectivity index is 1.71. The van der Waals surface area contributed by atoms with Crippen LogP contribution >= 0.6 is 0 Å². The van der Waals surface area contributed by atoms with Crippen LogP contribution in [0.1, 0.15) is 71.6 Å².